The second-order valence-corrected chi connectivity index (χ2v) is 7.89. The number of aromatic nitrogens is 3. The van der Waals surface area contributed by atoms with Gasteiger partial charge in [-0.2, -0.15) is 0 Å². The van der Waals surface area contributed by atoms with Crippen LogP contribution in [-0.2, 0) is 6.54 Å². The molecule has 1 amide bonds. The number of amides is 1. The lowest BCUT2D eigenvalue weighted by molar-refractivity contribution is 0.0772. The first-order valence-electron chi connectivity index (χ1n) is 9.79. The SMILES string of the molecule is CN(CC1CC(C2CC2)NN1)C(=O)c1cc(Cn2cnc3ccccc32)on1. The number of likely N-dealkylation sites (N-methyl/N-ethyl adjacent to an activating group) is 1. The molecule has 2 atom stereocenters. The number of hydrogen-bond acceptors (Lipinski definition) is 6. The van der Waals surface area contributed by atoms with E-state index in [-0.39, 0.29) is 11.9 Å². The smallest absolute Gasteiger partial charge is 0.275 e. The molecule has 1 aliphatic carbocycles. The molecule has 1 saturated carbocycles. The van der Waals surface area contributed by atoms with Crippen LogP contribution in [0.4, 0.5) is 0 Å². The van der Waals surface area contributed by atoms with Crippen molar-refractivity contribution in [3.8, 4) is 0 Å². The van der Waals surface area contributed by atoms with Gasteiger partial charge in [0.25, 0.3) is 5.91 Å². The van der Waals surface area contributed by atoms with Crippen molar-refractivity contribution in [2.24, 2.45) is 5.92 Å². The van der Waals surface area contributed by atoms with E-state index in [1.807, 2.05) is 35.9 Å². The minimum absolute atomic E-state index is 0.123. The number of hydrogen-bond donors (Lipinski definition) is 2. The molecule has 2 fully saturated rings. The van der Waals surface area contributed by atoms with Gasteiger partial charge in [0.2, 0.25) is 0 Å². The van der Waals surface area contributed by atoms with E-state index < -0.39 is 0 Å². The predicted molar refractivity (Wildman–Crippen MR) is 103 cm³/mol. The molecule has 1 saturated heterocycles. The van der Waals surface area contributed by atoms with Crippen LogP contribution in [0.3, 0.4) is 0 Å². The summed E-state index contributed by atoms with van der Waals surface area (Å²) in [5.41, 5.74) is 8.98. The zero-order chi connectivity index (χ0) is 19.1. The summed E-state index contributed by atoms with van der Waals surface area (Å²) in [6.07, 6.45) is 5.46. The van der Waals surface area contributed by atoms with Gasteiger partial charge in [0, 0.05) is 31.7 Å². The molecular weight excluding hydrogens is 356 g/mol. The van der Waals surface area contributed by atoms with E-state index in [0.29, 0.717) is 30.6 Å². The predicted octanol–water partition coefficient (Wildman–Crippen LogP) is 1.79. The Morgan fingerprint density at radius 2 is 2.18 bits per heavy atom. The largest absolute Gasteiger partial charge is 0.359 e. The Hall–Kier alpha value is -2.71. The molecule has 3 aromatic rings. The summed E-state index contributed by atoms with van der Waals surface area (Å²) < 4.78 is 7.40. The number of carbonyl (C=O) groups excluding carboxylic acids is 1. The highest BCUT2D eigenvalue weighted by molar-refractivity contribution is 5.92. The van der Waals surface area contributed by atoms with E-state index in [1.165, 1.54) is 12.8 Å². The van der Waals surface area contributed by atoms with Gasteiger partial charge in [0.1, 0.15) is 0 Å². The van der Waals surface area contributed by atoms with Crippen LogP contribution in [0.1, 0.15) is 35.5 Å². The van der Waals surface area contributed by atoms with Crippen LogP contribution in [0.5, 0.6) is 0 Å². The van der Waals surface area contributed by atoms with Crippen molar-refractivity contribution >= 4 is 16.9 Å². The lowest BCUT2D eigenvalue weighted by atomic mass is 10.1. The zero-order valence-corrected chi connectivity index (χ0v) is 15.8. The van der Waals surface area contributed by atoms with Crippen LogP contribution in [0, 0.1) is 5.92 Å². The monoisotopic (exact) mass is 380 g/mol. The van der Waals surface area contributed by atoms with Gasteiger partial charge in [0.05, 0.1) is 23.9 Å². The van der Waals surface area contributed by atoms with Crippen molar-refractivity contribution in [1.82, 2.24) is 30.5 Å². The third-order valence-electron chi connectivity index (χ3n) is 5.67. The van der Waals surface area contributed by atoms with E-state index in [2.05, 4.69) is 21.0 Å². The summed E-state index contributed by atoms with van der Waals surface area (Å²) in [4.78, 5) is 18.8. The quantitative estimate of drug-likeness (QED) is 0.678. The van der Waals surface area contributed by atoms with Crippen LogP contribution in [0.2, 0.25) is 0 Å². The van der Waals surface area contributed by atoms with Crippen LogP contribution in [0.25, 0.3) is 11.0 Å². The molecule has 1 aromatic carbocycles. The number of rotatable bonds is 6. The summed E-state index contributed by atoms with van der Waals surface area (Å²) in [7, 11) is 1.81. The third kappa shape index (κ3) is 3.41. The highest BCUT2D eigenvalue weighted by Gasteiger charge is 2.37. The fraction of sp³-hybridized carbons (Fsp3) is 0.450. The zero-order valence-electron chi connectivity index (χ0n) is 15.8. The fourth-order valence-electron chi connectivity index (χ4n) is 3.98. The van der Waals surface area contributed by atoms with Crippen molar-refractivity contribution in [3.05, 3.63) is 48.1 Å². The maximum absolute atomic E-state index is 12.7. The molecule has 146 valence electrons. The average molecular weight is 380 g/mol. The first-order chi connectivity index (χ1) is 13.7. The summed E-state index contributed by atoms with van der Waals surface area (Å²) >= 11 is 0. The van der Waals surface area contributed by atoms with Crippen LogP contribution < -0.4 is 10.9 Å². The Morgan fingerprint density at radius 1 is 1.32 bits per heavy atom. The van der Waals surface area contributed by atoms with Crippen LogP contribution in [-0.4, -0.2) is 51.2 Å². The van der Waals surface area contributed by atoms with Crippen molar-refractivity contribution in [1.29, 1.82) is 0 Å². The topological polar surface area (TPSA) is 88.2 Å². The van der Waals surface area contributed by atoms with Crippen molar-refractivity contribution in [2.45, 2.75) is 37.9 Å². The van der Waals surface area contributed by atoms with E-state index in [9.17, 15) is 4.79 Å². The molecule has 0 spiro atoms. The number of benzene rings is 1. The standard InChI is InChI=1S/C20H24N6O2/c1-25(10-14-8-17(23-22-14)13-6-7-13)20(27)18-9-15(28-24-18)11-26-12-21-16-4-2-3-5-19(16)26/h2-5,9,12-14,17,22-23H,6-8,10-11H2,1H3. The fourth-order valence-corrected chi connectivity index (χ4v) is 3.98. The second-order valence-electron chi connectivity index (χ2n) is 7.89. The minimum Gasteiger partial charge on any atom is -0.359 e. The maximum atomic E-state index is 12.7. The molecule has 3 heterocycles. The van der Waals surface area contributed by atoms with Crippen molar-refractivity contribution < 1.29 is 9.32 Å². The van der Waals surface area contributed by atoms with Gasteiger partial charge in [-0.1, -0.05) is 17.3 Å². The highest BCUT2D eigenvalue weighted by Crippen LogP contribution is 2.35. The van der Waals surface area contributed by atoms with E-state index in [0.717, 1.165) is 23.4 Å². The Kier molecular flexibility index (Phi) is 4.37. The van der Waals surface area contributed by atoms with Gasteiger partial charge >= 0.3 is 0 Å². The van der Waals surface area contributed by atoms with Gasteiger partial charge in [-0.15, -0.1) is 0 Å². The number of hydrazine groups is 1. The summed E-state index contributed by atoms with van der Waals surface area (Å²) in [5.74, 6) is 1.31. The molecule has 0 radical (unpaired) electrons. The lowest BCUT2D eigenvalue weighted by Crippen LogP contribution is -2.41. The first-order valence-corrected chi connectivity index (χ1v) is 9.79. The number of nitrogens with one attached hydrogen (secondary N) is 2. The van der Waals surface area contributed by atoms with Crippen molar-refractivity contribution in [3.63, 3.8) is 0 Å². The summed E-state index contributed by atoms with van der Waals surface area (Å²) in [6, 6.07) is 10.4. The lowest BCUT2D eigenvalue weighted by Gasteiger charge is -2.19. The average Bonchev–Trinajstić information content (AvgIpc) is 3.11. The molecule has 1 aliphatic heterocycles. The molecule has 8 nitrogen and oxygen atoms in total. The molecule has 2 aliphatic rings. The molecular formula is C20H24N6O2. The number of carbonyl (C=O) groups is 1. The normalized spacial score (nSPS) is 22.0. The third-order valence-corrected chi connectivity index (χ3v) is 5.67. The number of fused-ring (bicyclic) bond motifs is 1. The first kappa shape index (κ1) is 17.4. The van der Waals surface area contributed by atoms with Crippen LogP contribution >= 0.6 is 0 Å². The van der Waals surface area contributed by atoms with Gasteiger partial charge in [0.15, 0.2) is 11.5 Å². The Labute approximate surface area is 162 Å². The molecule has 2 aromatic heterocycles. The number of nitrogens with zero attached hydrogens (tertiary/aromatic N) is 4. The summed E-state index contributed by atoms with van der Waals surface area (Å²) in [6.45, 7) is 1.13. The van der Waals surface area contributed by atoms with Crippen LogP contribution in [0.15, 0.2) is 41.2 Å². The van der Waals surface area contributed by atoms with Gasteiger partial charge in [-0.3, -0.25) is 15.6 Å². The highest BCUT2D eigenvalue weighted by atomic mass is 16.5. The summed E-state index contributed by atoms with van der Waals surface area (Å²) in [5, 5.41) is 3.99. The number of imidazole rings is 1. The molecule has 0 bridgehead atoms. The van der Waals surface area contributed by atoms with E-state index in [1.54, 1.807) is 17.3 Å². The number of para-hydroxylation sites is 2. The Bertz CT molecular complexity index is 991. The maximum Gasteiger partial charge on any atom is 0.275 e. The Balaban J connectivity index is 1.22. The van der Waals surface area contributed by atoms with Gasteiger partial charge in [-0.25, -0.2) is 4.98 Å². The van der Waals surface area contributed by atoms with E-state index >= 15 is 0 Å². The van der Waals surface area contributed by atoms with Gasteiger partial charge < -0.3 is 14.0 Å². The van der Waals surface area contributed by atoms with E-state index in [4.69, 9.17) is 4.52 Å². The second kappa shape index (κ2) is 7.03. The molecule has 2 unspecified atom stereocenters. The van der Waals surface area contributed by atoms with Crippen molar-refractivity contribution in [2.75, 3.05) is 13.6 Å². The molecule has 8 heteroatoms. The molecule has 2 N–H and O–H groups in total. The molecule has 28 heavy (non-hydrogen) atoms. The Morgan fingerprint density at radius 3 is 3.04 bits per heavy atom. The van der Waals surface area contributed by atoms with Gasteiger partial charge in [-0.05, 0) is 37.3 Å². The molecule has 5 rings (SSSR count). The minimum atomic E-state index is -0.123.